The summed E-state index contributed by atoms with van der Waals surface area (Å²) in [6.45, 7) is 2.73. The summed E-state index contributed by atoms with van der Waals surface area (Å²) < 4.78 is 1.91. The monoisotopic (exact) mass is 300 g/mol. The fraction of sp³-hybridized carbons (Fsp3) is 0.471. The van der Waals surface area contributed by atoms with Crippen molar-refractivity contribution in [2.75, 3.05) is 19.0 Å². The summed E-state index contributed by atoms with van der Waals surface area (Å²) in [4.78, 5) is 2.08. The maximum absolute atomic E-state index is 10.3. The van der Waals surface area contributed by atoms with Crippen LogP contribution in [-0.4, -0.2) is 35.1 Å². The van der Waals surface area contributed by atoms with Crippen LogP contribution in [0.1, 0.15) is 28.4 Å². The molecule has 3 rings (SSSR count). The van der Waals surface area contributed by atoms with Gasteiger partial charge in [-0.2, -0.15) is 5.10 Å². The second-order valence-electron chi connectivity index (χ2n) is 6.23. The summed E-state index contributed by atoms with van der Waals surface area (Å²) in [6, 6.07) is 8.26. The third-order valence-electron chi connectivity index (χ3n) is 4.44. The zero-order chi connectivity index (χ0) is 15.9. The second-order valence-corrected chi connectivity index (χ2v) is 6.23. The van der Waals surface area contributed by atoms with Crippen LogP contribution >= 0.6 is 0 Å². The number of aryl methyl sites for hydroxylation is 2. The Bertz CT molecular complexity index is 677. The Morgan fingerprint density at radius 2 is 2.09 bits per heavy atom. The Balaban J connectivity index is 1.82. The minimum absolute atomic E-state index is 0.00850. The van der Waals surface area contributed by atoms with Crippen molar-refractivity contribution < 1.29 is 5.11 Å². The van der Waals surface area contributed by atoms with Gasteiger partial charge in [0.15, 0.2) is 0 Å². The number of nitrogens with zero attached hydrogens (tertiary/aromatic N) is 3. The van der Waals surface area contributed by atoms with Gasteiger partial charge in [-0.15, -0.1) is 0 Å². The van der Waals surface area contributed by atoms with Crippen molar-refractivity contribution in [1.29, 1.82) is 0 Å². The molecule has 1 aromatic carbocycles. The number of hydrogen-bond donors (Lipinski definition) is 2. The summed E-state index contributed by atoms with van der Waals surface area (Å²) in [5.41, 5.74) is 4.66. The van der Waals surface area contributed by atoms with Crippen molar-refractivity contribution in [2.45, 2.75) is 32.0 Å². The molecule has 5 heteroatoms. The molecule has 0 unspecified atom stereocenters. The number of hydrogen-bond acceptors (Lipinski definition) is 4. The molecule has 0 amide bonds. The molecule has 5 nitrogen and oxygen atoms in total. The third kappa shape index (κ3) is 2.51. The van der Waals surface area contributed by atoms with Crippen LogP contribution in [0.2, 0.25) is 0 Å². The lowest BCUT2D eigenvalue weighted by Gasteiger charge is -2.20. The van der Waals surface area contributed by atoms with E-state index in [0.29, 0.717) is 6.54 Å². The van der Waals surface area contributed by atoms with Gasteiger partial charge in [0.1, 0.15) is 5.82 Å². The van der Waals surface area contributed by atoms with Crippen LogP contribution in [0.25, 0.3) is 0 Å². The van der Waals surface area contributed by atoms with E-state index in [1.165, 1.54) is 16.7 Å². The van der Waals surface area contributed by atoms with Crippen molar-refractivity contribution in [3.63, 3.8) is 0 Å². The van der Waals surface area contributed by atoms with E-state index in [4.69, 9.17) is 0 Å². The first-order chi connectivity index (χ1) is 10.5. The highest BCUT2D eigenvalue weighted by molar-refractivity contribution is 5.49. The Kier molecular flexibility index (Phi) is 3.93. The number of fused-ring (bicyclic) bond motifs is 1. The number of nitrogens with one attached hydrogen (secondary N) is 1. The van der Waals surface area contributed by atoms with Crippen LogP contribution in [0, 0.1) is 6.92 Å². The van der Waals surface area contributed by atoms with E-state index in [9.17, 15) is 5.11 Å². The number of anilines is 1. The molecule has 2 aromatic rings. The van der Waals surface area contributed by atoms with Gasteiger partial charge in [0, 0.05) is 39.7 Å². The second kappa shape index (κ2) is 5.74. The Morgan fingerprint density at radius 3 is 2.82 bits per heavy atom. The highest BCUT2D eigenvalue weighted by atomic mass is 16.3. The van der Waals surface area contributed by atoms with E-state index in [1.54, 1.807) is 0 Å². The lowest BCUT2D eigenvalue weighted by Crippen LogP contribution is -2.29. The quantitative estimate of drug-likeness (QED) is 0.899. The molecular formula is C17H24N4O. The average molecular weight is 300 g/mol. The molecule has 0 saturated carbocycles. The van der Waals surface area contributed by atoms with Gasteiger partial charge in [-0.25, -0.2) is 0 Å². The van der Waals surface area contributed by atoms with Crippen molar-refractivity contribution >= 4 is 5.82 Å². The number of rotatable bonds is 4. The molecule has 0 aliphatic heterocycles. The van der Waals surface area contributed by atoms with E-state index < -0.39 is 0 Å². The fourth-order valence-corrected chi connectivity index (χ4v) is 3.49. The number of aliphatic hydroxyl groups is 1. The summed E-state index contributed by atoms with van der Waals surface area (Å²) in [5, 5.41) is 18.4. The van der Waals surface area contributed by atoms with Crippen molar-refractivity contribution in [3.05, 3.63) is 46.6 Å². The molecule has 0 spiro atoms. The first-order valence-electron chi connectivity index (χ1n) is 7.68. The average Bonchev–Trinajstić information content (AvgIpc) is 2.92. The molecule has 1 aliphatic rings. The minimum Gasteiger partial charge on any atom is -0.391 e. The molecule has 0 radical (unpaired) electrons. The first-order valence-corrected chi connectivity index (χ1v) is 7.68. The summed E-state index contributed by atoms with van der Waals surface area (Å²) in [5.74, 6) is 1.10. The molecule has 0 saturated heterocycles. The van der Waals surface area contributed by atoms with E-state index in [-0.39, 0.29) is 12.1 Å². The fourth-order valence-electron chi connectivity index (χ4n) is 3.49. The minimum atomic E-state index is -0.364. The molecule has 2 atom stereocenters. The van der Waals surface area contributed by atoms with Crippen LogP contribution < -0.4 is 10.2 Å². The van der Waals surface area contributed by atoms with Gasteiger partial charge in [-0.05, 0) is 18.1 Å². The lowest BCUT2D eigenvalue weighted by molar-refractivity contribution is 0.140. The van der Waals surface area contributed by atoms with Crippen LogP contribution in [0.4, 0.5) is 5.82 Å². The Morgan fingerprint density at radius 1 is 1.36 bits per heavy atom. The third-order valence-corrected chi connectivity index (χ3v) is 4.44. The lowest BCUT2D eigenvalue weighted by atomic mass is 10.1. The molecule has 1 aromatic heterocycles. The smallest absolute Gasteiger partial charge is 0.130 e. The molecule has 0 bridgehead atoms. The van der Waals surface area contributed by atoms with E-state index >= 15 is 0 Å². The normalized spacial score (nSPS) is 20.2. The van der Waals surface area contributed by atoms with E-state index in [0.717, 1.165) is 17.9 Å². The van der Waals surface area contributed by atoms with E-state index in [2.05, 4.69) is 27.4 Å². The standard InChI is InChI=1S/C17H24N4O/c1-11-14(17(20(2)3)21(4)19-11)10-18-16-13-8-6-5-7-12(13)9-15(16)22/h5-8,15-16,18,22H,9-10H2,1-4H3/t15-,16+/m1/s1. The zero-order valence-corrected chi connectivity index (χ0v) is 13.7. The van der Waals surface area contributed by atoms with Crippen molar-refractivity contribution in [1.82, 2.24) is 15.1 Å². The summed E-state index contributed by atoms with van der Waals surface area (Å²) in [6.07, 6.45) is 0.359. The highest BCUT2D eigenvalue weighted by Gasteiger charge is 2.30. The van der Waals surface area contributed by atoms with Gasteiger partial charge in [0.05, 0.1) is 17.8 Å². The summed E-state index contributed by atoms with van der Waals surface area (Å²) >= 11 is 0. The summed E-state index contributed by atoms with van der Waals surface area (Å²) in [7, 11) is 6.02. The Hall–Kier alpha value is -1.85. The maximum atomic E-state index is 10.3. The van der Waals surface area contributed by atoms with Crippen LogP contribution in [0.15, 0.2) is 24.3 Å². The molecule has 22 heavy (non-hydrogen) atoms. The zero-order valence-electron chi connectivity index (χ0n) is 13.7. The van der Waals surface area contributed by atoms with E-state index in [1.807, 2.05) is 44.9 Å². The van der Waals surface area contributed by atoms with Crippen LogP contribution in [0.3, 0.4) is 0 Å². The molecular weight excluding hydrogens is 276 g/mol. The van der Waals surface area contributed by atoms with Gasteiger partial charge in [0.25, 0.3) is 0 Å². The van der Waals surface area contributed by atoms with Crippen LogP contribution in [0.5, 0.6) is 0 Å². The molecule has 2 N–H and O–H groups in total. The molecule has 118 valence electrons. The van der Waals surface area contributed by atoms with Gasteiger partial charge < -0.3 is 15.3 Å². The predicted molar refractivity (Wildman–Crippen MR) is 88.0 cm³/mol. The first kappa shape index (κ1) is 15.1. The van der Waals surface area contributed by atoms with Crippen molar-refractivity contribution in [3.8, 4) is 0 Å². The highest BCUT2D eigenvalue weighted by Crippen LogP contribution is 2.32. The Labute approximate surface area is 131 Å². The SMILES string of the molecule is Cc1nn(C)c(N(C)C)c1CN[C@H]1c2ccccc2C[C@H]1O. The van der Waals surface area contributed by atoms with Crippen LogP contribution in [-0.2, 0) is 20.0 Å². The molecule has 1 heterocycles. The topological polar surface area (TPSA) is 53.3 Å². The number of aliphatic hydroxyl groups excluding tert-OH is 1. The van der Waals surface area contributed by atoms with Gasteiger partial charge in [0.2, 0.25) is 0 Å². The maximum Gasteiger partial charge on any atom is 0.130 e. The van der Waals surface area contributed by atoms with Crippen molar-refractivity contribution in [2.24, 2.45) is 7.05 Å². The molecule has 0 fully saturated rings. The van der Waals surface area contributed by atoms with Gasteiger partial charge >= 0.3 is 0 Å². The van der Waals surface area contributed by atoms with Gasteiger partial charge in [-0.1, -0.05) is 24.3 Å². The largest absolute Gasteiger partial charge is 0.391 e. The number of benzene rings is 1. The molecule has 1 aliphatic carbocycles. The van der Waals surface area contributed by atoms with Gasteiger partial charge in [-0.3, -0.25) is 4.68 Å². The predicted octanol–water partition coefficient (Wildman–Crippen LogP) is 1.54. The number of aromatic nitrogens is 2.